The van der Waals surface area contributed by atoms with Gasteiger partial charge in [-0.05, 0) is 29.5 Å². The molecule has 62 valence electrons. The Balaban J connectivity index is -0.000000105. The van der Waals surface area contributed by atoms with Crippen LogP contribution in [-0.2, 0) is 0 Å². The van der Waals surface area contributed by atoms with Crippen LogP contribution < -0.4 is 0 Å². The van der Waals surface area contributed by atoms with Crippen LogP contribution in [0.3, 0.4) is 0 Å². The van der Waals surface area contributed by atoms with Gasteiger partial charge in [-0.25, -0.2) is 0 Å². The van der Waals surface area contributed by atoms with Gasteiger partial charge in [-0.3, -0.25) is 0 Å². The van der Waals surface area contributed by atoms with Crippen LogP contribution in [0.15, 0.2) is 22.3 Å². The molecule has 0 aliphatic rings. The zero-order valence-electron chi connectivity index (χ0n) is 7.74. The molecule has 0 aliphatic carbocycles. The van der Waals surface area contributed by atoms with Gasteiger partial charge in [0.2, 0.25) is 0 Å². The molecule has 0 fully saturated rings. The van der Waals surface area contributed by atoms with Crippen molar-refractivity contribution in [3.05, 3.63) is 22.3 Å². The predicted molar refractivity (Wildman–Crippen MR) is 60.7 cm³/mol. The average molecular weight is 254 g/mol. The fourth-order valence-corrected chi connectivity index (χ4v) is 0.118. The van der Waals surface area contributed by atoms with Crippen LogP contribution in [0.5, 0.6) is 0 Å². The number of hydrogen-bond acceptors (Lipinski definition) is 0. The molecule has 0 aromatic carbocycles. The lowest BCUT2D eigenvalue weighted by Gasteiger charge is -1.75. The molecule has 1 heteroatoms. The van der Waals surface area contributed by atoms with Gasteiger partial charge in [0.15, 0.2) is 0 Å². The van der Waals surface area contributed by atoms with Crippen molar-refractivity contribution in [3.8, 4) is 0 Å². The van der Waals surface area contributed by atoms with Gasteiger partial charge in [0.25, 0.3) is 0 Å². The fraction of sp³-hybridized carbons (Fsp3) is 0.556. The first-order valence-corrected chi connectivity index (χ1v) is 4.83. The van der Waals surface area contributed by atoms with Crippen LogP contribution in [-0.4, -0.2) is 0 Å². The summed E-state index contributed by atoms with van der Waals surface area (Å²) in [5.74, 6) is 0. The van der Waals surface area contributed by atoms with Gasteiger partial charge in [0.1, 0.15) is 0 Å². The fourth-order valence-electron chi connectivity index (χ4n) is 0.118. The minimum atomic E-state index is 1.20. The second-order valence-corrected chi connectivity index (χ2v) is 2.12. The Hall–Kier alpha value is 0.210. The molecule has 0 rings (SSSR count). The lowest BCUT2D eigenvalue weighted by atomic mass is 10.5. The topological polar surface area (TPSA) is 0 Å². The van der Waals surface area contributed by atoms with E-state index >= 15 is 0 Å². The Labute approximate surface area is 79.6 Å². The third-order valence-electron chi connectivity index (χ3n) is 0.471. The first-order chi connectivity index (χ1) is 4.81. The van der Waals surface area contributed by atoms with Crippen LogP contribution in [0, 0.1) is 0 Å². The van der Waals surface area contributed by atoms with Crippen molar-refractivity contribution < 1.29 is 0 Å². The molecule has 0 N–H and O–H groups in total. The highest BCUT2D eigenvalue weighted by Gasteiger charge is 1.69. The van der Waals surface area contributed by atoms with Crippen LogP contribution in [0.1, 0.15) is 34.6 Å². The van der Waals surface area contributed by atoms with Crippen LogP contribution in [0.25, 0.3) is 0 Å². The van der Waals surface area contributed by atoms with E-state index in [-0.39, 0.29) is 0 Å². The van der Waals surface area contributed by atoms with E-state index in [1.165, 1.54) is 3.58 Å². The summed E-state index contributed by atoms with van der Waals surface area (Å²) in [6.45, 7) is 13.5. The number of allylic oxidation sites excluding steroid dienone is 3. The molecular weight excluding hydrogens is 235 g/mol. The van der Waals surface area contributed by atoms with Gasteiger partial charge in [-0.1, -0.05) is 46.4 Å². The molecule has 0 aliphatic heterocycles. The van der Waals surface area contributed by atoms with Crippen molar-refractivity contribution in [1.29, 1.82) is 0 Å². The van der Waals surface area contributed by atoms with Gasteiger partial charge >= 0.3 is 0 Å². The molecular formula is C9H19I. The summed E-state index contributed by atoms with van der Waals surface area (Å²) in [5, 5.41) is 0. The third kappa shape index (κ3) is 24.1. The van der Waals surface area contributed by atoms with Crippen molar-refractivity contribution in [3.63, 3.8) is 0 Å². The minimum Gasteiger partial charge on any atom is -0.0980 e. The lowest BCUT2D eigenvalue weighted by molar-refractivity contribution is 1.50. The SMILES string of the molecule is C=C/C(I)=C\C.CC.CC. The van der Waals surface area contributed by atoms with E-state index in [1.54, 1.807) is 0 Å². The van der Waals surface area contributed by atoms with Gasteiger partial charge in [-0.15, -0.1) is 0 Å². The maximum atomic E-state index is 3.56. The summed E-state index contributed by atoms with van der Waals surface area (Å²) >= 11 is 2.21. The minimum absolute atomic E-state index is 1.20. The molecule has 0 nitrogen and oxygen atoms in total. The highest BCUT2D eigenvalue weighted by molar-refractivity contribution is 14.1. The maximum Gasteiger partial charge on any atom is 0.00813 e. The highest BCUT2D eigenvalue weighted by Crippen LogP contribution is 2.03. The Morgan fingerprint density at radius 2 is 1.50 bits per heavy atom. The van der Waals surface area contributed by atoms with Gasteiger partial charge in [0, 0.05) is 3.58 Å². The van der Waals surface area contributed by atoms with E-state index < -0.39 is 0 Å². The Morgan fingerprint density at radius 1 is 1.20 bits per heavy atom. The number of rotatable bonds is 1. The van der Waals surface area contributed by atoms with Crippen LogP contribution in [0.2, 0.25) is 0 Å². The zero-order valence-corrected chi connectivity index (χ0v) is 9.90. The summed E-state index contributed by atoms with van der Waals surface area (Å²) in [7, 11) is 0. The van der Waals surface area contributed by atoms with E-state index in [4.69, 9.17) is 0 Å². The molecule has 0 aromatic heterocycles. The Kier molecular flexibility index (Phi) is 38.1. The van der Waals surface area contributed by atoms with Gasteiger partial charge < -0.3 is 0 Å². The lowest BCUT2D eigenvalue weighted by Crippen LogP contribution is -1.49. The zero-order chi connectivity index (χ0) is 8.99. The average Bonchev–Trinajstić information content (AvgIpc) is 2.10. The Bertz CT molecular complexity index is 72.8. The van der Waals surface area contributed by atoms with E-state index in [0.29, 0.717) is 0 Å². The van der Waals surface area contributed by atoms with Crippen molar-refractivity contribution in [2.75, 3.05) is 0 Å². The molecule has 0 spiro atoms. The normalized spacial score (nSPS) is 8.00. The molecule has 0 bridgehead atoms. The second kappa shape index (κ2) is 22.9. The molecule has 0 unspecified atom stereocenters. The first kappa shape index (κ1) is 16.7. The highest BCUT2D eigenvalue weighted by atomic mass is 127. The van der Waals surface area contributed by atoms with Crippen molar-refractivity contribution in [2.24, 2.45) is 0 Å². The molecule has 0 radical (unpaired) electrons. The van der Waals surface area contributed by atoms with E-state index in [2.05, 4.69) is 29.2 Å². The first-order valence-electron chi connectivity index (χ1n) is 3.75. The Morgan fingerprint density at radius 3 is 1.50 bits per heavy atom. The second-order valence-electron chi connectivity index (χ2n) is 0.878. The summed E-state index contributed by atoms with van der Waals surface area (Å²) in [4.78, 5) is 0. The molecule has 0 amide bonds. The quantitative estimate of drug-likeness (QED) is 0.475. The van der Waals surface area contributed by atoms with Crippen LogP contribution in [0.4, 0.5) is 0 Å². The molecule has 0 saturated heterocycles. The summed E-state index contributed by atoms with van der Waals surface area (Å²) in [5.41, 5.74) is 0. The molecule has 0 saturated carbocycles. The molecule has 0 heterocycles. The number of halogens is 1. The molecule has 0 aromatic rings. The summed E-state index contributed by atoms with van der Waals surface area (Å²) in [6, 6.07) is 0. The monoisotopic (exact) mass is 254 g/mol. The summed E-state index contributed by atoms with van der Waals surface area (Å²) in [6.07, 6.45) is 3.83. The predicted octanol–water partition coefficient (Wildman–Crippen LogP) is 4.56. The maximum absolute atomic E-state index is 3.56. The van der Waals surface area contributed by atoms with Crippen molar-refractivity contribution >= 4 is 22.6 Å². The van der Waals surface area contributed by atoms with Crippen molar-refractivity contribution in [1.82, 2.24) is 0 Å². The van der Waals surface area contributed by atoms with Crippen LogP contribution >= 0.6 is 22.6 Å². The smallest absolute Gasteiger partial charge is 0.00813 e. The van der Waals surface area contributed by atoms with Crippen molar-refractivity contribution in [2.45, 2.75) is 34.6 Å². The van der Waals surface area contributed by atoms with E-state index in [0.717, 1.165) is 0 Å². The third-order valence-corrected chi connectivity index (χ3v) is 1.53. The van der Waals surface area contributed by atoms with Gasteiger partial charge in [-0.2, -0.15) is 0 Å². The standard InChI is InChI=1S/C5H7I.2C2H6/c1-3-5(6)4-2;2*1-2/h3-4H,1H2,2H3;2*1-2H3/b5-4+;;. The molecule has 0 atom stereocenters. The van der Waals surface area contributed by atoms with E-state index in [9.17, 15) is 0 Å². The van der Waals surface area contributed by atoms with Gasteiger partial charge in [0.05, 0.1) is 0 Å². The largest absolute Gasteiger partial charge is 0.0980 e. The summed E-state index contributed by atoms with van der Waals surface area (Å²) < 4.78 is 1.20. The molecule has 10 heavy (non-hydrogen) atoms. The number of hydrogen-bond donors (Lipinski definition) is 0. The van der Waals surface area contributed by atoms with E-state index in [1.807, 2.05) is 46.8 Å².